The monoisotopic (exact) mass is 220 g/mol. The first-order chi connectivity index (χ1) is 7.66. The van der Waals surface area contributed by atoms with Gasteiger partial charge < -0.3 is 5.73 Å². The van der Waals surface area contributed by atoms with Crippen LogP contribution in [0.25, 0.3) is 0 Å². The molecule has 0 aromatic heterocycles. The fourth-order valence-electron chi connectivity index (χ4n) is 2.15. The summed E-state index contributed by atoms with van der Waals surface area (Å²) in [6.07, 6.45) is 4.58. The topological polar surface area (TPSA) is 38.4 Å². The summed E-state index contributed by atoms with van der Waals surface area (Å²) in [4.78, 5) is 4.20. The summed E-state index contributed by atoms with van der Waals surface area (Å²) in [6.45, 7) is 1.86. The van der Waals surface area contributed by atoms with E-state index in [0.717, 1.165) is 18.4 Å². The smallest absolute Gasteiger partial charge is 0.149 e. The molecule has 86 valence electrons. The average Bonchev–Trinajstić information content (AvgIpc) is 2.75. The van der Waals surface area contributed by atoms with Gasteiger partial charge in [0.2, 0.25) is 0 Å². The minimum absolute atomic E-state index is 0.291. The van der Waals surface area contributed by atoms with Crippen LogP contribution >= 0.6 is 0 Å². The lowest BCUT2D eigenvalue weighted by Gasteiger charge is -2.08. The fraction of sp³-hybridized carbons (Fsp3) is 0.462. The molecule has 1 aromatic rings. The van der Waals surface area contributed by atoms with Gasteiger partial charge >= 0.3 is 0 Å². The Balaban J connectivity index is 2.20. The molecule has 0 heterocycles. The number of nitrogens with two attached hydrogens (primary N) is 1. The molecule has 0 atom stereocenters. The van der Waals surface area contributed by atoms with Gasteiger partial charge in [0.1, 0.15) is 17.3 Å². The summed E-state index contributed by atoms with van der Waals surface area (Å²) in [6, 6.07) is 5.02. The van der Waals surface area contributed by atoms with E-state index in [1.165, 1.54) is 18.9 Å². The molecule has 0 amide bonds. The van der Waals surface area contributed by atoms with Crippen molar-refractivity contribution in [1.29, 1.82) is 0 Å². The Labute approximate surface area is 95.4 Å². The van der Waals surface area contributed by atoms with Gasteiger partial charge in [-0.05, 0) is 37.5 Å². The second-order valence-electron chi connectivity index (χ2n) is 4.47. The number of benzene rings is 1. The summed E-state index contributed by atoms with van der Waals surface area (Å²) in [7, 11) is 0. The average molecular weight is 220 g/mol. The van der Waals surface area contributed by atoms with E-state index in [0.29, 0.717) is 17.4 Å². The molecule has 2 N–H and O–H groups in total. The lowest BCUT2D eigenvalue weighted by Crippen LogP contribution is -2.20. The molecule has 1 saturated carbocycles. The minimum atomic E-state index is -0.291. The molecule has 16 heavy (non-hydrogen) atoms. The van der Waals surface area contributed by atoms with Crippen molar-refractivity contribution in [2.45, 2.75) is 32.6 Å². The van der Waals surface area contributed by atoms with Crippen LogP contribution in [0.15, 0.2) is 23.2 Å². The van der Waals surface area contributed by atoms with Gasteiger partial charge in [0.05, 0.1) is 0 Å². The zero-order valence-electron chi connectivity index (χ0n) is 9.54. The third-order valence-corrected chi connectivity index (χ3v) is 3.13. The van der Waals surface area contributed by atoms with Crippen molar-refractivity contribution in [3.05, 3.63) is 29.6 Å². The summed E-state index contributed by atoms with van der Waals surface area (Å²) < 4.78 is 13.5. The second-order valence-corrected chi connectivity index (χ2v) is 4.47. The highest BCUT2D eigenvalue weighted by Crippen LogP contribution is 2.27. The van der Waals surface area contributed by atoms with Crippen molar-refractivity contribution in [3.8, 4) is 0 Å². The lowest BCUT2D eigenvalue weighted by atomic mass is 10.1. The van der Waals surface area contributed by atoms with E-state index in [-0.39, 0.29) is 5.82 Å². The largest absolute Gasteiger partial charge is 0.387 e. The first-order valence-electron chi connectivity index (χ1n) is 5.77. The van der Waals surface area contributed by atoms with Crippen LogP contribution in [0.2, 0.25) is 0 Å². The molecule has 0 unspecified atom stereocenters. The second kappa shape index (κ2) is 4.64. The van der Waals surface area contributed by atoms with Crippen LogP contribution in [0.4, 0.5) is 10.1 Å². The number of rotatable bonds is 2. The maximum Gasteiger partial charge on any atom is 0.149 e. The number of nitrogens with zero attached hydrogens (tertiary/aromatic N) is 1. The van der Waals surface area contributed by atoms with E-state index in [4.69, 9.17) is 5.73 Å². The van der Waals surface area contributed by atoms with E-state index in [1.54, 1.807) is 6.07 Å². The van der Waals surface area contributed by atoms with Gasteiger partial charge in [-0.2, -0.15) is 0 Å². The van der Waals surface area contributed by atoms with Crippen molar-refractivity contribution < 1.29 is 4.39 Å². The third kappa shape index (κ3) is 2.40. The molecular weight excluding hydrogens is 203 g/mol. The fourth-order valence-corrected chi connectivity index (χ4v) is 2.15. The van der Waals surface area contributed by atoms with Crippen LogP contribution in [0.3, 0.4) is 0 Å². The predicted molar refractivity (Wildman–Crippen MR) is 64.4 cm³/mol. The van der Waals surface area contributed by atoms with Crippen molar-refractivity contribution in [1.82, 2.24) is 0 Å². The van der Waals surface area contributed by atoms with Gasteiger partial charge in [0, 0.05) is 5.92 Å². The quantitative estimate of drug-likeness (QED) is 0.602. The Kier molecular flexibility index (Phi) is 3.22. The maximum absolute atomic E-state index is 13.5. The third-order valence-electron chi connectivity index (χ3n) is 3.13. The Hall–Kier alpha value is -1.38. The molecule has 1 fully saturated rings. The number of hydrogen-bond acceptors (Lipinski definition) is 1. The van der Waals surface area contributed by atoms with Gasteiger partial charge in [0.25, 0.3) is 0 Å². The SMILES string of the molecule is Cc1ccc(N=C(N)C2CCCC2)c(F)c1. The Morgan fingerprint density at radius 1 is 1.38 bits per heavy atom. The highest BCUT2D eigenvalue weighted by Gasteiger charge is 2.18. The Bertz CT molecular complexity index is 406. The zero-order chi connectivity index (χ0) is 11.5. The molecule has 0 aliphatic heterocycles. The van der Waals surface area contributed by atoms with E-state index < -0.39 is 0 Å². The molecule has 1 aromatic carbocycles. The number of aryl methyl sites for hydroxylation is 1. The Morgan fingerprint density at radius 2 is 2.06 bits per heavy atom. The zero-order valence-corrected chi connectivity index (χ0v) is 9.54. The van der Waals surface area contributed by atoms with Gasteiger partial charge in [-0.3, -0.25) is 0 Å². The van der Waals surface area contributed by atoms with Crippen LogP contribution in [0, 0.1) is 18.7 Å². The number of halogens is 1. The van der Waals surface area contributed by atoms with E-state index in [9.17, 15) is 4.39 Å². The lowest BCUT2D eigenvalue weighted by molar-refractivity contribution is 0.627. The molecule has 1 aliphatic carbocycles. The minimum Gasteiger partial charge on any atom is -0.387 e. The predicted octanol–water partition coefficient (Wildman–Crippen LogP) is 3.31. The summed E-state index contributed by atoms with van der Waals surface area (Å²) >= 11 is 0. The molecule has 0 radical (unpaired) electrons. The highest BCUT2D eigenvalue weighted by molar-refractivity contribution is 5.85. The van der Waals surface area contributed by atoms with Crippen molar-refractivity contribution in [2.75, 3.05) is 0 Å². The first-order valence-corrected chi connectivity index (χ1v) is 5.77. The molecule has 1 aliphatic rings. The van der Waals surface area contributed by atoms with Crippen LogP contribution < -0.4 is 5.73 Å². The van der Waals surface area contributed by atoms with Crippen molar-refractivity contribution in [3.63, 3.8) is 0 Å². The summed E-state index contributed by atoms with van der Waals surface area (Å²) in [5.41, 5.74) is 7.16. The standard InChI is InChI=1S/C13H17FN2/c1-9-6-7-12(11(14)8-9)16-13(15)10-4-2-3-5-10/h6-8,10H,2-5H2,1H3,(H2,15,16). The van der Waals surface area contributed by atoms with Gasteiger partial charge in [0.15, 0.2) is 0 Å². The van der Waals surface area contributed by atoms with Gasteiger partial charge in [-0.15, -0.1) is 0 Å². The van der Waals surface area contributed by atoms with E-state index in [2.05, 4.69) is 4.99 Å². The van der Waals surface area contributed by atoms with Crippen LogP contribution in [-0.2, 0) is 0 Å². The molecule has 3 heteroatoms. The van der Waals surface area contributed by atoms with Gasteiger partial charge in [-0.1, -0.05) is 18.9 Å². The highest BCUT2D eigenvalue weighted by atomic mass is 19.1. The van der Waals surface area contributed by atoms with Crippen LogP contribution in [0.5, 0.6) is 0 Å². The molecule has 0 saturated heterocycles. The molecular formula is C13H17FN2. The van der Waals surface area contributed by atoms with Crippen LogP contribution in [0.1, 0.15) is 31.2 Å². The number of aliphatic imine (C=N–C) groups is 1. The van der Waals surface area contributed by atoms with Crippen molar-refractivity contribution >= 4 is 11.5 Å². The van der Waals surface area contributed by atoms with E-state index >= 15 is 0 Å². The van der Waals surface area contributed by atoms with E-state index in [1.807, 2.05) is 13.0 Å². The molecule has 0 bridgehead atoms. The maximum atomic E-state index is 13.5. The summed E-state index contributed by atoms with van der Waals surface area (Å²) in [5.74, 6) is 0.641. The summed E-state index contributed by atoms with van der Waals surface area (Å²) in [5, 5.41) is 0. The van der Waals surface area contributed by atoms with Crippen LogP contribution in [-0.4, -0.2) is 5.84 Å². The number of hydrogen-bond donors (Lipinski definition) is 1. The normalized spacial score (nSPS) is 18.0. The number of amidine groups is 1. The molecule has 0 spiro atoms. The van der Waals surface area contributed by atoms with Crippen molar-refractivity contribution in [2.24, 2.45) is 16.6 Å². The first kappa shape index (κ1) is 11.1. The molecule has 2 rings (SSSR count). The Morgan fingerprint density at radius 3 is 2.69 bits per heavy atom. The van der Waals surface area contributed by atoms with Gasteiger partial charge in [-0.25, -0.2) is 9.38 Å². The molecule has 2 nitrogen and oxygen atoms in total.